The van der Waals surface area contributed by atoms with E-state index in [0.29, 0.717) is 47.4 Å². The number of fused-ring (bicyclic) bond motifs is 1. The molecule has 0 saturated carbocycles. The summed E-state index contributed by atoms with van der Waals surface area (Å²) < 4.78 is 11.7. The van der Waals surface area contributed by atoms with E-state index in [0.717, 1.165) is 5.56 Å². The van der Waals surface area contributed by atoms with Crippen LogP contribution < -0.4 is 10.7 Å². The molecule has 4 heterocycles. The van der Waals surface area contributed by atoms with E-state index < -0.39 is 0 Å². The van der Waals surface area contributed by atoms with Crippen molar-refractivity contribution in [2.75, 3.05) is 25.5 Å². The Bertz CT molecular complexity index is 1430. The number of hydrogen-bond donors (Lipinski definition) is 2. The van der Waals surface area contributed by atoms with Gasteiger partial charge in [-0.2, -0.15) is 4.98 Å². The zero-order chi connectivity index (χ0) is 23.1. The van der Waals surface area contributed by atoms with Crippen LogP contribution in [0.4, 0.5) is 10.5 Å². The van der Waals surface area contributed by atoms with Gasteiger partial charge in [0.1, 0.15) is 11.3 Å². The Morgan fingerprint density at radius 3 is 2.85 bits per heavy atom. The van der Waals surface area contributed by atoms with Gasteiger partial charge in [-0.3, -0.25) is 14.0 Å². The van der Waals surface area contributed by atoms with Crippen molar-refractivity contribution in [1.82, 2.24) is 24.4 Å². The summed E-state index contributed by atoms with van der Waals surface area (Å²) >= 11 is 0. The number of H-pyrrole nitrogens is 1. The minimum absolute atomic E-state index is 0.0384. The molecule has 2 N–H and O–H groups in total. The predicted molar refractivity (Wildman–Crippen MR) is 117 cm³/mol. The van der Waals surface area contributed by atoms with Gasteiger partial charge in [-0.15, -0.1) is 0 Å². The van der Waals surface area contributed by atoms with Crippen molar-refractivity contribution in [3.05, 3.63) is 70.1 Å². The Kier molecular flexibility index (Phi) is 4.93. The summed E-state index contributed by atoms with van der Waals surface area (Å²) in [7, 11) is 1.34. The van der Waals surface area contributed by atoms with Crippen molar-refractivity contribution in [1.29, 1.82) is 0 Å². The van der Waals surface area contributed by atoms with E-state index in [1.165, 1.54) is 19.2 Å². The quantitative estimate of drug-likeness (QED) is 0.489. The number of anilines is 1. The van der Waals surface area contributed by atoms with Crippen LogP contribution in [0.5, 0.6) is 0 Å². The second kappa shape index (κ2) is 7.93. The number of aromatic amines is 1. The average molecular weight is 448 g/mol. The van der Waals surface area contributed by atoms with Gasteiger partial charge >= 0.3 is 6.09 Å². The molecule has 0 bridgehead atoms. The second-order valence-electron chi connectivity index (χ2n) is 7.80. The van der Waals surface area contributed by atoms with Gasteiger partial charge in [-0.05, 0) is 18.6 Å². The predicted octanol–water partition coefficient (Wildman–Crippen LogP) is 2.40. The molecular formula is C22H20N6O5. The highest BCUT2D eigenvalue weighted by atomic mass is 16.5. The molecule has 3 aromatic heterocycles. The fourth-order valence-corrected chi connectivity index (χ4v) is 3.70. The van der Waals surface area contributed by atoms with Gasteiger partial charge in [0.2, 0.25) is 11.7 Å². The molecule has 0 unspecified atom stereocenters. The summed E-state index contributed by atoms with van der Waals surface area (Å²) in [6.45, 7) is 2.79. The number of imidazole rings is 1. The second-order valence-corrected chi connectivity index (χ2v) is 7.80. The van der Waals surface area contributed by atoms with Gasteiger partial charge in [-0.25, -0.2) is 4.79 Å². The lowest BCUT2D eigenvalue weighted by Gasteiger charge is -2.35. The molecule has 1 aromatic carbocycles. The van der Waals surface area contributed by atoms with Gasteiger partial charge in [0.15, 0.2) is 5.43 Å². The molecular weight excluding hydrogens is 428 g/mol. The Labute approximate surface area is 187 Å². The van der Waals surface area contributed by atoms with E-state index in [1.54, 1.807) is 27.8 Å². The first kappa shape index (κ1) is 20.5. The Balaban J connectivity index is 1.34. The average Bonchev–Trinajstić information content (AvgIpc) is 3.41. The Hall–Kier alpha value is -4.41. The van der Waals surface area contributed by atoms with Crippen LogP contribution in [0.1, 0.15) is 27.9 Å². The number of rotatable bonds is 4. The van der Waals surface area contributed by atoms with E-state index in [2.05, 4.69) is 20.4 Å². The maximum Gasteiger partial charge on any atom is 0.409 e. The van der Waals surface area contributed by atoms with Gasteiger partial charge in [0.25, 0.3) is 5.91 Å². The SMILES string of the molecule is COC(=O)N1CC(c2nc(-c3ccc(C)c(NC(=O)c4c[nH]c5cc(=O)ccn45)c3)no2)C1. The van der Waals surface area contributed by atoms with E-state index >= 15 is 0 Å². The highest BCUT2D eigenvalue weighted by Crippen LogP contribution is 2.29. The first-order chi connectivity index (χ1) is 15.9. The Morgan fingerprint density at radius 2 is 2.06 bits per heavy atom. The third kappa shape index (κ3) is 3.73. The summed E-state index contributed by atoms with van der Waals surface area (Å²) in [5, 5.41) is 6.96. The van der Waals surface area contributed by atoms with Crippen LogP contribution in [-0.2, 0) is 4.74 Å². The van der Waals surface area contributed by atoms with Crippen LogP contribution >= 0.6 is 0 Å². The minimum atomic E-state index is -0.383. The van der Waals surface area contributed by atoms with Crippen molar-refractivity contribution in [3.8, 4) is 11.4 Å². The Morgan fingerprint density at radius 1 is 1.24 bits per heavy atom. The molecule has 33 heavy (non-hydrogen) atoms. The third-order valence-corrected chi connectivity index (χ3v) is 5.62. The number of carbonyl (C=O) groups is 2. The molecule has 11 heteroatoms. The molecule has 4 aromatic rings. The number of nitrogens with zero attached hydrogens (tertiary/aromatic N) is 4. The minimum Gasteiger partial charge on any atom is -0.453 e. The van der Waals surface area contributed by atoms with E-state index in [-0.39, 0.29) is 23.3 Å². The van der Waals surface area contributed by atoms with Crippen LogP contribution in [0, 0.1) is 6.92 Å². The number of aryl methyl sites for hydroxylation is 1. The van der Waals surface area contributed by atoms with Crippen LogP contribution in [-0.4, -0.2) is 56.6 Å². The molecule has 1 aliphatic rings. The third-order valence-electron chi connectivity index (χ3n) is 5.62. The van der Waals surface area contributed by atoms with Crippen LogP contribution in [0.15, 0.2) is 52.0 Å². The van der Waals surface area contributed by atoms with Crippen molar-refractivity contribution in [2.45, 2.75) is 12.8 Å². The molecule has 1 aliphatic heterocycles. The van der Waals surface area contributed by atoms with Gasteiger partial charge < -0.3 is 24.5 Å². The van der Waals surface area contributed by atoms with Crippen LogP contribution in [0.3, 0.4) is 0 Å². The van der Waals surface area contributed by atoms with Crippen molar-refractivity contribution in [3.63, 3.8) is 0 Å². The fourth-order valence-electron chi connectivity index (χ4n) is 3.70. The standard InChI is InChI=1S/C22H20N6O5/c1-12-3-4-13(19-25-21(33-26-19)14-10-27(11-14)22(31)32-2)7-16(12)24-20(30)17-9-23-18-8-15(29)5-6-28(17)18/h3-9,14,23H,10-11H2,1-2H3,(H,24,30). The van der Waals surface area contributed by atoms with Gasteiger partial charge in [0, 0.05) is 48.9 Å². The molecule has 0 atom stereocenters. The number of methoxy groups -OCH3 is 1. The topological polar surface area (TPSA) is 135 Å². The first-order valence-corrected chi connectivity index (χ1v) is 10.2. The number of benzene rings is 1. The summed E-state index contributed by atoms with van der Waals surface area (Å²) in [4.78, 5) is 44.9. The molecule has 5 rings (SSSR count). The zero-order valence-corrected chi connectivity index (χ0v) is 17.9. The van der Waals surface area contributed by atoms with E-state index in [4.69, 9.17) is 9.26 Å². The maximum atomic E-state index is 12.9. The highest BCUT2D eigenvalue weighted by Gasteiger charge is 2.36. The molecule has 1 fully saturated rings. The zero-order valence-electron chi connectivity index (χ0n) is 17.9. The summed E-state index contributed by atoms with van der Waals surface area (Å²) in [5.41, 5.74) is 2.87. The maximum absolute atomic E-state index is 12.9. The van der Waals surface area contributed by atoms with E-state index in [9.17, 15) is 14.4 Å². The lowest BCUT2D eigenvalue weighted by Crippen LogP contribution is -2.48. The smallest absolute Gasteiger partial charge is 0.409 e. The number of aromatic nitrogens is 4. The van der Waals surface area contributed by atoms with Crippen LogP contribution in [0.2, 0.25) is 0 Å². The monoisotopic (exact) mass is 448 g/mol. The molecule has 2 amide bonds. The molecule has 0 aliphatic carbocycles. The number of hydrogen-bond acceptors (Lipinski definition) is 7. The van der Waals surface area contributed by atoms with Crippen LogP contribution in [0.25, 0.3) is 17.0 Å². The summed E-state index contributed by atoms with van der Waals surface area (Å²) in [6.07, 6.45) is 2.71. The lowest BCUT2D eigenvalue weighted by atomic mass is 10.0. The number of ether oxygens (including phenoxy) is 1. The van der Waals surface area contributed by atoms with Crippen molar-refractivity contribution < 1.29 is 18.8 Å². The van der Waals surface area contributed by atoms with Crippen molar-refractivity contribution in [2.24, 2.45) is 0 Å². The normalized spacial score (nSPS) is 13.7. The largest absolute Gasteiger partial charge is 0.453 e. The van der Waals surface area contributed by atoms with Gasteiger partial charge in [0.05, 0.1) is 13.0 Å². The molecule has 1 saturated heterocycles. The number of nitrogens with one attached hydrogen (secondary N) is 2. The molecule has 0 spiro atoms. The molecule has 11 nitrogen and oxygen atoms in total. The number of likely N-dealkylation sites (tertiary alicyclic amines) is 1. The van der Waals surface area contributed by atoms with Crippen molar-refractivity contribution >= 4 is 23.3 Å². The molecule has 168 valence electrons. The number of carbonyl (C=O) groups excluding carboxylic acids is 2. The highest BCUT2D eigenvalue weighted by molar-refractivity contribution is 6.04. The fraction of sp³-hybridized carbons (Fsp3) is 0.227. The summed E-state index contributed by atoms with van der Waals surface area (Å²) in [5.74, 6) is 0.463. The van der Waals surface area contributed by atoms with E-state index in [1.807, 2.05) is 19.1 Å². The number of amides is 2. The van der Waals surface area contributed by atoms with Gasteiger partial charge in [-0.1, -0.05) is 17.3 Å². The molecule has 0 radical (unpaired) electrons. The summed E-state index contributed by atoms with van der Waals surface area (Å²) in [6, 6.07) is 8.29. The first-order valence-electron chi connectivity index (χ1n) is 10.2. The number of pyridine rings is 1. The lowest BCUT2D eigenvalue weighted by molar-refractivity contribution is 0.0804.